The number of imide groups is 1. The Balaban J connectivity index is 1.29. The number of benzene rings is 1. The largest absolute Gasteiger partial charge is 0.444 e. The number of hydrogen-bond acceptors (Lipinski definition) is 7. The molecule has 1 N–H and O–H groups in total. The molecule has 2 saturated heterocycles. The Morgan fingerprint density at radius 2 is 1.97 bits per heavy atom. The molecule has 0 aliphatic carbocycles. The van der Waals surface area contributed by atoms with Gasteiger partial charge in [0.25, 0.3) is 5.91 Å². The minimum atomic E-state index is -0.650. The molecule has 11 nitrogen and oxygen atoms in total. The Labute approximate surface area is 208 Å². The lowest BCUT2D eigenvalue weighted by molar-refractivity contribution is -0.136. The number of aromatic nitrogens is 3. The van der Waals surface area contributed by atoms with Crippen molar-refractivity contribution in [2.45, 2.75) is 70.6 Å². The first kappa shape index (κ1) is 24.0. The Morgan fingerprint density at radius 1 is 1.17 bits per heavy atom. The zero-order valence-corrected chi connectivity index (χ0v) is 20.7. The second-order valence-corrected chi connectivity index (χ2v) is 10.6. The van der Waals surface area contributed by atoms with E-state index in [4.69, 9.17) is 4.74 Å². The summed E-state index contributed by atoms with van der Waals surface area (Å²) < 4.78 is 7.19. The van der Waals surface area contributed by atoms with E-state index in [0.29, 0.717) is 31.6 Å². The maximum Gasteiger partial charge on any atom is 0.410 e. The molecule has 0 spiro atoms. The van der Waals surface area contributed by atoms with Gasteiger partial charge in [-0.1, -0.05) is 5.21 Å². The van der Waals surface area contributed by atoms with E-state index < -0.39 is 17.6 Å². The number of hydrogen-bond donors (Lipinski definition) is 1. The number of amides is 4. The molecule has 36 heavy (non-hydrogen) atoms. The van der Waals surface area contributed by atoms with Crippen molar-refractivity contribution in [1.82, 2.24) is 30.1 Å². The van der Waals surface area contributed by atoms with Gasteiger partial charge in [-0.25, -0.2) is 9.48 Å². The number of rotatable bonds is 3. The second kappa shape index (κ2) is 9.03. The van der Waals surface area contributed by atoms with E-state index in [9.17, 15) is 19.2 Å². The van der Waals surface area contributed by atoms with Crippen molar-refractivity contribution in [2.24, 2.45) is 0 Å². The van der Waals surface area contributed by atoms with Gasteiger partial charge in [0, 0.05) is 37.5 Å². The van der Waals surface area contributed by atoms with Crippen LogP contribution in [0.3, 0.4) is 0 Å². The first-order valence-corrected chi connectivity index (χ1v) is 12.3. The van der Waals surface area contributed by atoms with Crippen LogP contribution < -0.4 is 5.32 Å². The maximum atomic E-state index is 12.9. The number of carbonyl (C=O) groups excluding carboxylic acids is 4. The van der Waals surface area contributed by atoms with E-state index in [0.717, 1.165) is 29.8 Å². The number of carbonyl (C=O) groups is 4. The molecule has 0 radical (unpaired) electrons. The van der Waals surface area contributed by atoms with E-state index in [1.165, 1.54) is 4.90 Å². The van der Waals surface area contributed by atoms with Crippen LogP contribution in [0.25, 0.3) is 5.69 Å². The number of fused-ring (bicyclic) bond motifs is 1. The van der Waals surface area contributed by atoms with Gasteiger partial charge in [-0.2, -0.15) is 0 Å². The number of nitrogens with zero attached hydrogens (tertiary/aromatic N) is 5. The van der Waals surface area contributed by atoms with E-state index in [1.54, 1.807) is 21.7 Å². The molecule has 0 saturated carbocycles. The van der Waals surface area contributed by atoms with Crippen LogP contribution in [0.2, 0.25) is 0 Å². The third-order valence-electron chi connectivity index (χ3n) is 6.77. The fraction of sp³-hybridized carbons (Fsp3) is 0.520. The van der Waals surface area contributed by atoms with Crippen LogP contribution in [0.5, 0.6) is 0 Å². The molecule has 2 unspecified atom stereocenters. The van der Waals surface area contributed by atoms with E-state index in [2.05, 4.69) is 15.6 Å². The Morgan fingerprint density at radius 3 is 2.72 bits per heavy atom. The van der Waals surface area contributed by atoms with E-state index >= 15 is 0 Å². The molecular formula is C25H30N6O5. The normalized spacial score (nSPS) is 22.5. The zero-order valence-electron chi connectivity index (χ0n) is 20.7. The first-order chi connectivity index (χ1) is 17.1. The lowest BCUT2D eigenvalue weighted by Crippen LogP contribution is -2.52. The summed E-state index contributed by atoms with van der Waals surface area (Å²) in [7, 11) is 0. The van der Waals surface area contributed by atoms with Crippen LogP contribution >= 0.6 is 0 Å². The highest BCUT2D eigenvalue weighted by atomic mass is 16.6. The summed E-state index contributed by atoms with van der Waals surface area (Å²) in [5.41, 5.74) is 2.35. The average Bonchev–Trinajstić information content (AvgIpc) is 3.43. The molecule has 3 aliphatic heterocycles. The van der Waals surface area contributed by atoms with Gasteiger partial charge in [0.05, 0.1) is 17.6 Å². The first-order valence-electron chi connectivity index (χ1n) is 12.3. The molecule has 2 aromatic rings. The van der Waals surface area contributed by atoms with Crippen LogP contribution in [0.1, 0.15) is 74.0 Å². The summed E-state index contributed by atoms with van der Waals surface area (Å²) in [4.78, 5) is 52.5. The monoisotopic (exact) mass is 494 g/mol. The SMILES string of the molecule is CC(C)(C)OC(=O)N1CCCC(c2cn(-c3ccc4c(c3)CN(C3CCC(=O)NC3=O)C4=O)nn2)C1. The zero-order chi connectivity index (χ0) is 25.6. The fourth-order valence-corrected chi connectivity index (χ4v) is 5.00. The number of nitrogens with one attached hydrogen (secondary N) is 1. The van der Waals surface area contributed by atoms with Crippen LogP contribution in [0, 0.1) is 0 Å². The number of piperidine rings is 2. The van der Waals surface area contributed by atoms with Crippen molar-refractivity contribution in [3.05, 3.63) is 41.2 Å². The molecule has 190 valence electrons. The van der Waals surface area contributed by atoms with Crippen molar-refractivity contribution in [3.63, 3.8) is 0 Å². The average molecular weight is 495 g/mol. The van der Waals surface area contributed by atoms with Gasteiger partial charge in [-0.3, -0.25) is 19.7 Å². The van der Waals surface area contributed by atoms with Crippen LogP contribution in [0.15, 0.2) is 24.4 Å². The molecule has 3 aliphatic rings. The van der Waals surface area contributed by atoms with Gasteiger partial charge in [-0.15, -0.1) is 5.10 Å². The summed E-state index contributed by atoms with van der Waals surface area (Å²) >= 11 is 0. The lowest BCUT2D eigenvalue weighted by Gasteiger charge is -2.33. The lowest BCUT2D eigenvalue weighted by atomic mass is 9.95. The van der Waals surface area contributed by atoms with Gasteiger partial charge < -0.3 is 14.5 Å². The highest BCUT2D eigenvalue weighted by molar-refractivity contribution is 6.05. The highest BCUT2D eigenvalue weighted by Gasteiger charge is 2.39. The highest BCUT2D eigenvalue weighted by Crippen LogP contribution is 2.30. The summed E-state index contributed by atoms with van der Waals surface area (Å²) in [6.07, 6.45) is 3.84. The van der Waals surface area contributed by atoms with E-state index in [1.807, 2.05) is 33.0 Å². The Kier molecular flexibility index (Phi) is 6.01. The molecule has 11 heteroatoms. The topological polar surface area (TPSA) is 127 Å². The third kappa shape index (κ3) is 4.69. The quantitative estimate of drug-likeness (QED) is 0.648. The predicted octanol–water partition coefficient (Wildman–Crippen LogP) is 2.14. The second-order valence-electron chi connectivity index (χ2n) is 10.6. The maximum absolute atomic E-state index is 12.9. The third-order valence-corrected chi connectivity index (χ3v) is 6.77. The summed E-state index contributed by atoms with van der Waals surface area (Å²) in [6.45, 7) is 7.03. The van der Waals surface area contributed by atoms with Crippen molar-refractivity contribution < 1.29 is 23.9 Å². The Bertz CT molecular complexity index is 1230. The van der Waals surface area contributed by atoms with Crippen LogP contribution in [-0.2, 0) is 20.9 Å². The summed E-state index contributed by atoms with van der Waals surface area (Å²) in [5, 5.41) is 11.0. The van der Waals surface area contributed by atoms with Gasteiger partial charge >= 0.3 is 6.09 Å². The molecule has 4 amide bonds. The smallest absolute Gasteiger partial charge is 0.410 e. The predicted molar refractivity (Wildman–Crippen MR) is 127 cm³/mol. The number of likely N-dealkylation sites (tertiary alicyclic amines) is 1. The molecular weight excluding hydrogens is 464 g/mol. The van der Waals surface area contributed by atoms with Crippen molar-refractivity contribution in [3.8, 4) is 5.69 Å². The van der Waals surface area contributed by atoms with E-state index in [-0.39, 0.29) is 30.2 Å². The van der Waals surface area contributed by atoms with Crippen LogP contribution in [-0.4, -0.2) is 73.3 Å². The molecule has 5 rings (SSSR count). The van der Waals surface area contributed by atoms with Gasteiger partial charge in [0.15, 0.2) is 0 Å². The van der Waals surface area contributed by atoms with Crippen molar-refractivity contribution in [1.29, 1.82) is 0 Å². The fourth-order valence-electron chi connectivity index (χ4n) is 5.00. The van der Waals surface area contributed by atoms with Crippen molar-refractivity contribution in [2.75, 3.05) is 13.1 Å². The summed E-state index contributed by atoms with van der Waals surface area (Å²) in [5.74, 6) is -0.896. The van der Waals surface area contributed by atoms with Crippen molar-refractivity contribution >= 4 is 23.8 Å². The summed E-state index contributed by atoms with van der Waals surface area (Å²) in [6, 6.07) is 4.77. The van der Waals surface area contributed by atoms with Gasteiger partial charge in [-0.05, 0) is 63.8 Å². The number of ether oxygens (including phenoxy) is 1. The molecule has 1 aromatic heterocycles. The minimum Gasteiger partial charge on any atom is -0.444 e. The molecule has 2 fully saturated rings. The van der Waals surface area contributed by atoms with Gasteiger partial charge in [0.2, 0.25) is 11.8 Å². The molecule has 2 atom stereocenters. The van der Waals surface area contributed by atoms with Crippen LogP contribution in [0.4, 0.5) is 4.79 Å². The Hall–Kier alpha value is -3.76. The minimum absolute atomic E-state index is 0.0547. The molecule has 1 aromatic carbocycles. The standard InChI is InChI=1S/C25H30N6O5/c1-25(2,3)36-24(35)29-10-4-5-15(12-29)19-14-31(28-27-19)17-6-7-18-16(11-17)13-30(23(18)34)20-8-9-21(32)26-22(20)33/h6-7,11,14-15,20H,4-5,8-10,12-13H2,1-3H3,(H,26,32,33). The van der Waals surface area contributed by atoms with Gasteiger partial charge in [0.1, 0.15) is 11.6 Å². The molecule has 4 heterocycles. The molecule has 0 bridgehead atoms.